The number of benzene rings is 2. The summed E-state index contributed by atoms with van der Waals surface area (Å²) in [6.45, 7) is 4.95. The highest BCUT2D eigenvalue weighted by atomic mass is 32.2. The van der Waals surface area contributed by atoms with Gasteiger partial charge in [-0.25, -0.2) is 13.4 Å². The van der Waals surface area contributed by atoms with E-state index < -0.39 is 9.84 Å². The van der Waals surface area contributed by atoms with Gasteiger partial charge in [-0.15, -0.1) is 0 Å². The smallest absolute Gasteiger partial charge is 0.272 e. The minimum absolute atomic E-state index is 0.116. The van der Waals surface area contributed by atoms with Gasteiger partial charge in [0.05, 0.1) is 16.3 Å². The molecule has 6 heteroatoms. The van der Waals surface area contributed by atoms with Crippen molar-refractivity contribution in [1.29, 1.82) is 0 Å². The van der Waals surface area contributed by atoms with Crippen molar-refractivity contribution < 1.29 is 13.2 Å². The molecular formula is C25H28N2O3S. The Labute approximate surface area is 184 Å². The van der Waals surface area contributed by atoms with Gasteiger partial charge < -0.3 is 4.90 Å². The molecule has 0 spiro atoms. The summed E-state index contributed by atoms with van der Waals surface area (Å²) in [6, 6.07) is 18.0. The molecule has 3 aromatic rings. The van der Waals surface area contributed by atoms with Crippen molar-refractivity contribution in [1.82, 2.24) is 9.88 Å². The summed E-state index contributed by atoms with van der Waals surface area (Å²) in [7, 11) is -3.62. The molecule has 0 bridgehead atoms. The van der Waals surface area contributed by atoms with Gasteiger partial charge in [-0.1, -0.05) is 55.8 Å². The molecule has 0 N–H and O–H groups in total. The number of hydrogen-bond acceptors (Lipinski definition) is 4. The largest absolute Gasteiger partial charge is 0.334 e. The first kappa shape index (κ1) is 21.5. The third kappa shape index (κ3) is 4.49. The van der Waals surface area contributed by atoms with Gasteiger partial charge in [0.2, 0.25) is 0 Å². The zero-order chi connectivity index (χ0) is 22.0. The average molecular weight is 437 g/mol. The molecule has 0 saturated carbocycles. The second-order valence-electron chi connectivity index (χ2n) is 8.41. The minimum atomic E-state index is -3.62. The predicted molar refractivity (Wildman–Crippen MR) is 123 cm³/mol. The van der Waals surface area contributed by atoms with Crippen molar-refractivity contribution in [2.45, 2.75) is 49.8 Å². The highest BCUT2D eigenvalue weighted by Gasteiger charge is 2.29. The van der Waals surface area contributed by atoms with Crippen molar-refractivity contribution in [3.63, 3.8) is 0 Å². The predicted octanol–water partition coefficient (Wildman–Crippen LogP) is 4.86. The number of carbonyl (C=O) groups is 1. The number of piperidine rings is 1. The Hall–Kier alpha value is -2.73. The molecule has 1 saturated heterocycles. The number of carbonyl (C=O) groups excluding carboxylic acids is 1. The Morgan fingerprint density at radius 1 is 1.03 bits per heavy atom. The first-order valence-electron chi connectivity index (χ1n) is 10.9. The molecule has 2 unspecified atom stereocenters. The third-order valence-corrected chi connectivity index (χ3v) is 7.97. The van der Waals surface area contributed by atoms with Crippen LogP contribution >= 0.6 is 0 Å². The number of nitrogens with zero attached hydrogens (tertiary/aromatic N) is 2. The van der Waals surface area contributed by atoms with Gasteiger partial charge in [0, 0.05) is 18.0 Å². The van der Waals surface area contributed by atoms with Crippen molar-refractivity contribution in [3.8, 4) is 0 Å². The van der Waals surface area contributed by atoms with Gasteiger partial charge in [0.25, 0.3) is 5.91 Å². The van der Waals surface area contributed by atoms with E-state index in [-0.39, 0.29) is 17.7 Å². The van der Waals surface area contributed by atoms with E-state index in [1.54, 1.807) is 30.3 Å². The van der Waals surface area contributed by atoms with E-state index in [2.05, 4.69) is 18.8 Å². The Balaban J connectivity index is 1.60. The summed E-state index contributed by atoms with van der Waals surface area (Å²) >= 11 is 0. The summed E-state index contributed by atoms with van der Waals surface area (Å²) in [5.41, 5.74) is 0.699. The molecule has 1 aliphatic heterocycles. The molecule has 2 heterocycles. The summed E-state index contributed by atoms with van der Waals surface area (Å²) < 4.78 is 26.4. The van der Waals surface area contributed by atoms with Gasteiger partial charge in [-0.3, -0.25) is 4.79 Å². The molecule has 4 rings (SSSR count). The van der Waals surface area contributed by atoms with Crippen LogP contribution in [-0.4, -0.2) is 36.8 Å². The highest BCUT2D eigenvalue weighted by Crippen LogP contribution is 2.27. The highest BCUT2D eigenvalue weighted by molar-refractivity contribution is 7.90. The standard InChI is InChI=1S/C25H28N2O3S/c1-3-19-15-14-18(2)27(16-19)25(28)23-12-7-10-21(26-23)17-31(29,30)24-13-6-9-20-8-4-5-11-22(20)24/h4-13,18-19H,3,14-17H2,1-2H3. The molecule has 0 radical (unpaired) electrons. The number of fused-ring (bicyclic) bond motifs is 1. The number of pyridine rings is 1. The molecule has 162 valence electrons. The molecule has 1 amide bonds. The van der Waals surface area contributed by atoms with E-state index in [9.17, 15) is 13.2 Å². The van der Waals surface area contributed by atoms with E-state index in [1.165, 1.54) is 0 Å². The molecular weight excluding hydrogens is 408 g/mol. The fourth-order valence-corrected chi connectivity index (χ4v) is 5.88. The zero-order valence-electron chi connectivity index (χ0n) is 18.0. The van der Waals surface area contributed by atoms with Gasteiger partial charge in [-0.2, -0.15) is 0 Å². The molecule has 5 nitrogen and oxygen atoms in total. The first-order valence-corrected chi connectivity index (χ1v) is 12.5. The number of aromatic nitrogens is 1. The van der Waals surface area contributed by atoms with Crippen LogP contribution in [0, 0.1) is 5.92 Å². The van der Waals surface area contributed by atoms with Crippen LogP contribution in [0.15, 0.2) is 65.6 Å². The average Bonchev–Trinajstić information content (AvgIpc) is 2.78. The Bertz CT molecular complexity index is 1200. The maximum atomic E-state index is 13.2. The van der Waals surface area contributed by atoms with Crippen LogP contribution in [0.2, 0.25) is 0 Å². The third-order valence-electron chi connectivity index (χ3n) is 6.27. The lowest BCUT2D eigenvalue weighted by Gasteiger charge is -2.37. The van der Waals surface area contributed by atoms with Crippen LogP contribution in [0.1, 0.15) is 49.3 Å². The van der Waals surface area contributed by atoms with Gasteiger partial charge in [-0.05, 0) is 49.3 Å². The molecule has 2 aromatic carbocycles. The molecule has 0 aliphatic carbocycles. The van der Waals surface area contributed by atoms with E-state index in [0.717, 1.165) is 31.2 Å². The lowest BCUT2D eigenvalue weighted by Crippen LogP contribution is -2.45. The molecule has 31 heavy (non-hydrogen) atoms. The Morgan fingerprint density at radius 2 is 1.77 bits per heavy atom. The quantitative estimate of drug-likeness (QED) is 0.573. The molecule has 1 aromatic heterocycles. The molecule has 1 fully saturated rings. The number of rotatable bonds is 5. The number of likely N-dealkylation sites (tertiary alicyclic amines) is 1. The second-order valence-corrected chi connectivity index (χ2v) is 10.4. The normalized spacial score (nSPS) is 19.5. The fraction of sp³-hybridized carbons (Fsp3) is 0.360. The van der Waals surface area contributed by atoms with E-state index in [0.29, 0.717) is 27.6 Å². The van der Waals surface area contributed by atoms with Gasteiger partial charge in [0.1, 0.15) is 5.69 Å². The van der Waals surface area contributed by atoms with Crippen LogP contribution in [0.5, 0.6) is 0 Å². The van der Waals surface area contributed by atoms with Crippen molar-refractivity contribution in [2.75, 3.05) is 6.54 Å². The number of hydrogen-bond donors (Lipinski definition) is 0. The summed E-state index contributed by atoms with van der Waals surface area (Å²) in [4.78, 5) is 19.8. The van der Waals surface area contributed by atoms with Gasteiger partial charge in [0.15, 0.2) is 9.84 Å². The van der Waals surface area contributed by atoms with Crippen LogP contribution in [0.25, 0.3) is 10.8 Å². The van der Waals surface area contributed by atoms with Crippen molar-refractivity contribution in [2.24, 2.45) is 5.92 Å². The maximum Gasteiger partial charge on any atom is 0.272 e. The van der Waals surface area contributed by atoms with Crippen LogP contribution in [-0.2, 0) is 15.6 Å². The van der Waals surface area contributed by atoms with Crippen molar-refractivity contribution >= 4 is 26.5 Å². The maximum absolute atomic E-state index is 13.2. The van der Waals surface area contributed by atoms with Crippen LogP contribution in [0.3, 0.4) is 0 Å². The number of amides is 1. The number of sulfone groups is 1. The lowest BCUT2D eigenvalue weighted by molar-refractivity contribution is 0.0550. The van der Waals surface area contributed by atoms with E-state index in [1.807, 2.05) is 35.2 Å². The van der Waals surface area contributed by atoms with Gasteiger partial charge >= 0.3 is 0 Å². The lowest BCUT2D eigenvalue weighted by atomic mass is 9.91. The molecule has 2 atom stereocenters. The zero-order valence-corrected chi connectivity index (χ0v) is 18.8. The van der Waals surface area contributed by atoms with Crippen LogP contribution in [0.4, 0.5) is 0 Å². The topological polar surface area (TPSA) is 67.3 Å². The minimum Gasteiger partial charge on any atom is -0.334 e. The SMILES string of the molecule is CCC1CCC(C)N(C(=O)c2cccc(CS(=O)(=O)c3cccc4ccccc34)n2)C1. The van der Waals surface area contributed by atoms with E-state index >= 15 is 0 Å². The summed E-state index contributed by atoms with van der Waals surface area (Å²) in [6.07, 6.45) is 3.17. The Kier molecular flexibility index (Phi) is 6.10. The summed E-state index contributed by atoms with van der Waals surface area (Å²) in [5.74, 6) is 0.153. The van der Waals surface area contributed by atoms with Crippen LogP contribution < -0.4 is 0 Å². The second kappa shape index (κ2) is 8.79. The van der Waals surface area contributed by atoms with E-state index in [4.69, 9.17) is 0 Å². The summed E-state index contributed by atoms with van der Waals surface area (Å²) in [5, 5.41) is 1.58. The Morgan fingerprint density at radius 3 is 2.58 bits per heavy atom. The first-order chi connectivity index (χ1) is 14.9. The fourth-order valence-electron chi connectivity index (χ4n) is 4.36. The monoisotopic (exact) mass is 436 g/mol. The van der Waals surface area contributed by atoms with Crippen molar-refractivity contribution in [3.05, 3.63) is 72.1 Å². The molecule has 1 aliphatic rings.